The van der Waals surface area contributed by atoms with Crippen LogP contribution in [-0.4, -0.2) is 22.8 Å². The molecule has 0 aromatic heterocycles. The molecule has 0 N–H and O–H groups in total. The fourth-order valence-corrected chi connectivity index (χ4v) is 5.26. The Hall–Kier alpha value is -2.16. The second-order valence-corrected chi connectivity index (χ2v) is 8.11. The largest absolute Gasteiger partial charge is 0.271 e. The first-order chi connectivity index (χ1) is 12.1. The number of carbonyl (C=O) groups excluding carboxylic acids is 2. The van der Waals surface area contributed by atoms with Crippen LogP contribution in [0, 0.1) is 11.8 Å². The molecule has 25 heavy (non-hydrogen) atoms. The minimum atomic E-state index is -0.0842. The molecule has 2 aromatic carbocycles. The van der Waals surface area contributed by atoms with Crippen LogP contribution in [0.2, 0.25) is 0 Å². The molecule has 3 atom stereocenters. The maximum atomic E-state index is 13.3. The van der Waals surface area contributed by atoms with E-state index in [9.17, 15) is 9.59 Å². The number of rotatable bonds is 1. The summed E-state index contributed by atoms with van der Waals surface area (Å²) in [5.74, 6) is 0.735. The molecule has 2 amide bonds. The van der Waals surface area contributed by atoms with E-state index < -0.39 is 0 Å². The molecule has 0 unspecified atom stereocenters. The van der Waals surface area contributed by atoms with Gasteiger partial charge in [-0.1, -0.05) is 38.8 Å². The summed E-state index contributed by atoms with van der Waals surface area (Å²) in [6, 6.07) is 8.12. The lowest BCUT2D eigenvalue weighted by atomic mass is 9.76. The highest BCUT2D eigenvalue weighted by atomic mass is 16.2. The summed E-state index contributed by atoms with van der Waals surface area (Å²) < 4.78 is 0. The molecule has 3 nitrogen and oxygen atoms in total. The van der Waals surface area contributed by atoms with Crippen molar-refractivity contribution in [2.45, 2.75) is 52.0 Å². The molecule has 128 valence electrons. The van der Waals surface area contributed by atoms with E-state index in [2.05, 4.69) is 26.0 Å². The van der Waals surface area contributed by atoms with Gasteiger partial charge >= 0.3 is 0 Å². The van der Waals surface area contributed by atoms with Gasteiger partial charge in [-0.25, -0.2) is 0 Å². The third-order valence-electron chi connectivity index (χ3n) is 6.89. The fourth-order valence-electron chi connectivity index (χ4n) is 5.26. The molecule has 0 radical (unpaired) electrons. The smallest absolute Gasteiger partial charge is 0.261 e. The topological polar surface area (TPSA) is 37.4 Å². The number of hydrogen-bond acceptors (Lipinski definition) is 2. The van der Waals surface area contributed by atoms with Crippen molar-refractivity contribution in [3.63, 3.8) is 0 Å². The maximum absolute atomic E-state index is 13.3. The summed E-state index contributed by atoms with van der Waals surface area (Å²) in [6.45, 7) is 4.44. The van der Waals surface area contributed by atoms with Crippen molar-refractivity contribution in [3.05, 3.63) is 46.5 Å². The van der Waals surface area contributed by atoms with Gasteiger partial charge in [-0.05, 0) is 59.7 Å². The van der Waals surface area contributed by atoms with Crippen LogP contribution in [0.4, 0.5) is 0 Å². The van der Waals surface area contributed by atoms with E-state index in [0.29, 0.717) is 11.8 Å². The quantitative estimate of drug-likeness (QED) is 0.727. The van der Waals surface area contributed by atoms with Crippen molar-refractivity contribution < 1.29 is 9.59 Å². The van der Waals surface area contributed by atoms with Crippen molar-refractivity contribution in [2.24, 2.45) is 11.8 Å². The zero-order valence-corrected chi connectivity index (χ0v) is 14.8. The average molecular weight is 333 g/mol. The predicted molar refractivity (Wildman–Crippen MR) is 97.8 cm³/mol. The lowest BCUT2D eigenvalue weighted by Gasteiger charge is -2.42. The molecule has 1 heterocycles. The summed E-state index contributed by atoms with van der Waals surface area (Å²) in [5, 5.41) is 2.08. The predicted octanol–water partition coefficient (Wildman–Crippen LogP) is 4.36. The van der Waals surface area contributed by atoms with Crippen molar-refractivity contribution in [1.29, 1.82) is 0 Å². The first-order valence-electron chi connectivity index (χ1n) is 9.53. The van der Waals surface area contributed by atoms with Gasteiger partial charge in [0.2, 0.25) is 0 Å². The van der Waals surface area contributed by atoms with Gasteiger partial charge in [0.05, 0.1) is 0 Å². The van der Waals surface area contributed by atoms with Crippen molar-refractivity contribution in [3.8, 4) is 0 Å². The third kappa shape index (κ3) is 1.92. The van der Waals surface area contributed by atoms with Crippen LogP contribution in [0.1, 0.15) is 65.0 Å². The third-order valence-corrected chi connectivity index (χ3v) is 6.89. The van der Waals surface area contributed by atoms with E-state index in [1.54, 1.807) is 4.90 Å². The lowest BCUT2D eigenvalue weighted by molar-refractivity contribution is 0.0385. The van der Waals surface area contributed by atoms with E-state index >= 15 is 0 Å². The molecule has 2 aromatic rings. The molecule has 3 heteroatoms. The number of carbonyl (C=O) groups is 2. The molecule has 1 fully saturated rings. The average Bonchev–Trinajstić information content (AvgIpc) is 3.03. The van der Waals surface area contributed by atoms with E-state index in [0.717, 1.165) is 42.2 Å². The molecular weight excluding hydrogens is 310 g/mol. The van der Waals surface area contributed by atoms with E-state index in [1.807, 2.05) is 12.1 Å². The van der Waals surface area contributed by atoms with Gasteiger partial charge < -0.3 is 0 Å². The first kappa shape index (κ1) is 15.1. The summed E-state index contributed by atoms with van der Waals surface area (Å²) >= 11 is 0. The summed E-state index contributed by atoms with van der Waals surface area (Å²) in [4.78, 5) is 28.2. The van der Waals surface area contributed by atoms with Crippen LogP contribution in [0.3, 0.4) is 0 Å². The van der Waals surface area contributed by atoms with E-state index in [-0.39, 0.29) is 17.9 Å². The Bertz CT molecular complexity index is 871. The number of benzene rings is 2. The highest BCUT2D eigenvalue weighted by Crippen LogP contribution is 2.41. The Kier molecular flexibility index (Phi) is 3.13. The SMILES string of the molecule is C[C@@H]1[C@H](C)CCC[C@@H]1N1C(=O)c2ccc3c4c(ccc(c24)C1=O)CC3. The van der Waals surface area contributed by atoms with E-state index in [4.69, 9.17) is 0 Å². The number of aryl methyl sites for hydroxylation is 2. The van der Waals surface area contributed by atoms with Crippen LogP contribution in [0.25, 0.3) is 10.8 Å². The van der Waals surface area contributed by atoms with Gasteiger partial charge in [0, 0.05) is 22.6 Å². The van der Waals surface area contributed by atoms with Crippen molar-refractivity contribution in [1.82, 2.24) is 4.90 Å². The molecule has 0 saturated heterocycles. The molecule has 1 saturated carbocycles. The number of hydrogen-bond donors (Lipinski definition) is 0. The minimum Gasteiger partial charge on any atom is -0.271 e. The Balaban J connectivity index is 1.69. The molecule has 2 aliphatic carbocycles. The van der Waals surface area contributed by atoms with Gasteiger partial charge in [0.25, 0.3) is 11.8 Å². The van der Waals surface area contributed by atoms with Crippen LogP contribution in [0.5, 0.6) is 0 Å². The summed E-state index contributed by atoms with van der Waals surface area (Å²) in [7, 11) is 0. The van der Waals surface area contributed by atoms with Gasteiger partial charge in [-0.15, -0.1) is 0 Å². The van der Waals surface area contributed by atoms with Gasteiger partial charge in [-0.3, -0.25) is 14.5 Å². The van der Waals surface area contributed by atoms with Crippen LogP contribution >= 0.6 is 0 Å². The van der Waals surface area contributed by atoms with E-state index in [1.165, 1.54) is 22.9 Å². The first-order valence-corrected chi connectivity index (χ1v) is 9.53. The molecule has 3 aliphatic rings. The number of imide groups is 1. The van der Waals surface area contributed by atoms with Crippen molar-refractivity contribution >= 4 is 22.6 Å². The normalized spacial score (nSPS) is 28.1. The van der Waals surface area contributed by atoms with Gasteiger partial charge in [0.1, 0.15) is 0 Å². The molecule has 5 rings (SSSR count). The second kappa shape index (κ2) is 5.17. The lowest BCUT2D eigenvalue weighted by Crippen LogP contribution is -2.52. The number of amides is 2. The molecule has 0 spiro atoms. The molecule has 1 aliphatic heterocycles. The van der Waals surface area contributed by atoms with Gasteiger partial charge in [-0.2, -0.15) is 0 Å². The fraction of sp³-hybridized carbons (Fsp3) is 0.455. The molecule has 0 bridgehead atoms. The monoisotopic (exact) mass is 333 g/mol. The minimum absolute atomic E-state index is 0.0245. The van der Waals surface area contributed by atoms with Crippen LogP contribution < -0.4 is 0 Å². The Morgan fingerprint density at radius 2 is 1.44 bits per heavy atom. The van der Waals surface area contributed by atoms with Crippen molar-refractivity contribution in [2.75, 3.05) is 0 Å². The van der Waals surface area contributed by atoms with Gasteiger partial charge in [0.15, 0.2) is 0 Å². The summed E-state index contributed by atoms with van der Waals surface area (Å²) in [6.07, 6.45) is 5.23. The Labute approximate surface area is 148 Å². The Morgan fingerprint density at radius 3 is 2.04 bits per heavy atom. The van der Waals surface area contributed by atoms with Crippen LogP contribution in [-0.2, 0) is 12.8 Å². The summed E-state index contributed by atoms with van der Waals surface area (Å²) in [5.41, 5.74) is 4.01. The second-order valence-electron chi connectivity index (χ2n) is 8.11. The highest BCUT2D eigenvalue weighted by Gasteiger charge is 2.42. The standard InChI is InChI=1S/C22H23NO2/c1-12-4-3-5-18(13(12)2)23-21(24)16-10-8-14-6-7-15-9-11-17(22(23)25)20(16)19(14)15/h8-13,18H,3-7H2,1-2H3/t12-,13-,18+/m1/s1. The molecular formula is C22H23NO2. The zero-order chi connectivity index (χ0) is 17.3. The Morgan fingerprint density at radius 1 is 0.840 bits per heavy atom. The van der Waals surface area contributed by atoms with Crippen LogP contribution in [0.15, 0.2) is 24.3 Å². The highest BCUT2D eigenvalue weighted by molar-refractivity contribution is 6.26. The number of nitrogens with zero attached hydrogens (tertiary/aromatic N) is 1. The zero-order valence-electron chi connectivity index (χ0n) is 14.8. The maximum Gasteiger partial charge on any atom is 0.261 e.